The molecule has 0 bridgehead atoms. The minimum Gasteiger partial charge on any atom is -0.467 e. The summed E-state index contributed by atoms with van der Waals surface area (Å²) in [5, 5.41) is 11.1. The molecule has 0 unspecified atom stereocenters. The van der Waals surface area contributed by atoms with Gasteiger partial charge in [-0.3, -0.25) is 9.59 Å². The van der Waals surface area contributed by atoms with E-state index in [4.69, 9.17) is 4.42 Å². The van der Waals surface area contributed by atoms with E-state index in [-0.39, 0.29) is 6.54 Å². The van der Waals surface area contributed by atoms with Crippen LogP contribution in [0.3, 0.4) is 0 Å². The number of hydrogen-bond donors (Lipinski definition) is 2. The van der Waals surface area contributed by atoms with Crippen LogP contribution in [0.1, 0.15) is 11.3 Å². The Hall–Kier alpha value is -4.46. The van der Waals surface area contributed by atoms with Gasteiger partial charge in [-0.15, -0.1) is 0 Å². The molecule has 0 fully saturated rings. The van der Waals surface area contributed by atoms with E-state index in [9.17, 15) is 9.59 Å². The van der Waals surface area contributed by atoms with Crippen molar-refractivity contribution in [3.05, 3.63) is 96.6 Å². The lowest BCUT2D eigenvalue weighted by molar-refractivity contribution is -0.139. The SMILES string of the molecule is O=C(NCc1ccco1)C(=O)N/N=C/c1cn(-c2ccccc2)nc1-c1ccccc1. The maximum absolute atomic E-state index is 12.0. The van der Waals surface area contributed by atoms with Gasteiger partial charge in [-0.05, 0) is 24.3 Å². The summed E-state index contributed by atoms with van der Waals surface area (Å²) in [6.45, 7) is 0.116. The zero-order chi connectivity index (χ0) is 21.5. The number of furan rings is 1. The van der Waals surface area contributed by atoms with Gasteiger partial charge in [-0.25, -0.2) is 10.1 Å². The zero-order valence-corrected chi connectivity index (χ0v) is 16.4. The topological polar surface area (TPSA) is 102 Å². The summed E-state index contributed by atoms with van der Waals surface area (Å²) in [7, 11) is 0. The maximum atomic E-state index is 12.0. The number of rotatable bonds is 6. The predicted molar refractivity (Wildman–Crippen MR) is 115 cm³/mol. The van der Waals surface area contributed by atoms with Crippen molar-refractivity contribution in [1.29, 1.82) is 0 Å². The summed E-state index contributed by atoms with van der Waals surface area (Å²) in [5.74, 6) is -1.14. The molecule has 31 heavy (non-hydrogen) atoms. The molecule has 4 rings (SSSR count). The summed E-state index contributed by atoms with van der Waals surface area (Å²) in [4.78, 5) is 23.9. The van der Waals surface area contributed by atoms with Gasteiger partial charge < -0.3 is 9.73 Å². The van der Waals surface area contributed by atoms with Crippen LogP contribution >= 0.6 is 0 Å². The molecule has 2 N–H and O–H groups in total. The average Bonchev–Trinajstić information content (AvgIpc) is 3.49. The monoisotopic (exact) mass is 413 g/mol. The van der Waals surface area contributed by atoms with Crippen molar-refractivity contribution >= 4 is 18.0 Å². The van der Waals surface area contributed by atoms with Crippen LogP contribution in [-0.2, 0) is 16.1 Å². The van der Waals surface area contributed by atoms with E-state index in [0.717, 1.165) is 11.3 Å². The summed E-state index contributed by atoms with van der Waals surface area (Å²) in [6, 6.07) is 22.7. The number of hydrazone groups is 1. The predicted octanol–water partition coefficient (Wildman–Crippen LogP) is 2.90. The van der Waals surface area contributed by atoms with E-state index >= 15 is 0 Å². The Labute approximate surface area is 178 Å². The second-order valence-corrected chi connectivity index (χ2v) is 6.54. The molecule has 2 aromatic heterocycles. The van der Waals surface area contributed by atoms with Gasteiger partial charge in [0.25, 0.3) is 0 Å². The maximum Gasteiger partial charge on any atom is 0.329 e. The molecule has 0 aliphatic carbocycles. The second-order valence-electron chi connectivity index (χ2n) is 6.54. The van der Waals surface area contributed by atoms with E-state index in [0.29, 0.717) is 17.0 Å². The number of nitrogens with zero attached hydrogens (tertiary/aromatic N) is 3. The Balaban J connectivity index is 1.49. The van der Waals surface area contributed by atoms with Gasteiger partial charge >= 0.3 is 11.8 Å². The van der Waals surface area contributed by atoms with Crippen molar-refractivity contribution in [2.24, 2.45) is 5.10 Å². The first kappa shape index (κ1) is 19.8. The summed E-state index contributed by atoms with van der Waals surface area (Å²) >= 11 is 0. The standard InChI is InChI=1S/C23H19N5O3/c29-22(24-15-20-12-7-13-31-20)23(30)26-25-14-18-16-28(19-10-5-2-6-11-19)27-21(18)17-8-3-1-4-9-17/h1-14,16H,15H2,(H,24,29)(H,26,30)/b25-14+. The lowest BCUT2D eigenvalue weighted by Gasteiger charge is -2.01. The normalized spacial score (nSPS) is 10.8. The average molecular weight is 413 g/mol. The van der Waals surface area contributed by atoms with Gasteiger partial charge in [0.2, 0.25) is 0 Å². The van der Waals surface area contributed by atoms with Crippen LogP contribution in [0, 0.1) is 0 Å². The van der Waals surface area contributed by atoms with Crippen molar-refractivity contribution < 1.29 is 14.0 Å². The van der Waals surface area contributed by atoms with Gasteiger partial charge in [0.15, 0.2) is 0 Å². The largest absolute Gasteiger partial charge is 0.467 e. The van der Waals surface area contributed by atoms with Gasteiger partial charge in [0, 0.05) is 17.3 Å². The van der Waals surface area contributed by atoms with Crippen LogP contribution in [0.5, 0.6) is 0 Å². The number of aromatic nitrogens is 2. The first-order chi connectivity index (χ1) is 15.2. The third-order valence-electron chi connectivity index (χ3n) is 4.39. The summed E-state index contributed by atoms with van der Waals surface area (Å²) < 4.78 is 6.85. The zero-order valence-electron chi connectivity index (χ0n) is 16.4. The van der Waals surface area contributed by atoms with E-state index in [1.807, 2.05) is 66.9 Å². The van der Waals surface area contributed by atoms with E-state index in [2.05, 4.69) is 20.9 Å². The number of benzene rings is 2. The van der Waals surface area contributed by atoms with Crippen LogP contribution in [-0.4, -0.2) is 27.8 Å². The van der Waals surface area contributed by atoms with Crippen molar-refractivity contribution in [1.82, 2.24) is 20.5 Å². The highest BCUT2D eigenvalue weighted by atomic mass is 16.3. The third-order valence-corrected chi connectivity index (χ3v) is 4.39. The first-order valence-corrected chi connectivity index (χ1v) is 9.55. The Bertz CT molecular complexity index is 1180. The number of para-hydroxylation sites is 1. The Kier molecular flexibility index (Phi) is 5.99. The summed E-state index contributed by atoms with van der Waals surface area (Å²) in [5.41, 5.74) is 5.42. The molecule has 0 aliphatic rings. The molecule has 0 radical (unpaired) electrons. The molecule has 154 valence electrons. The van der Waals surface area contributed by atoms with E-state index in [1.165, 1.54) is 12.5 Å². The van der Waals surface area contributed by atoms with Crippen molar-refractivity contribution in [3.63, 3.8) is 0 Å². The lowest BCUT2D eigenvalue weighted by atomic mass is 10.1. The van der Waals surface area contributed by atoms with E-state index in [1.54, 1.807) is 16.8 Å². The summed E-state index contributed by atoms with van der Waals surface area (Å²) in [6.07, 6.45) is 4.77. The fourth-order valence-electron chi connectivity index (χ4n) is 2.89. The molecule has 2 heterocycles. The van der Waals surface area contributed by atoms with Crippen LogP contribution in [0.2, 0.25) is 0 Å². The smallest absolute Gasteiger partial charge is 0.329 e. The van der Waals surface area contributed by atoms with Crippen molar-refractivity contribution in [3.8, 4) is 16.9 Å². The minimum absolute atomic E-state index is 0.116. The van der Waals surface area contributed by atoms with E-state index < -0.39 is 11.8 Å². The minimum atomic E-state index is -0.875. The third kappa shape index (κ3) is 4.94. The molecule has 0 saturated heterocycles. The van der Waals surface area contributed by atoms with Crippen LogP contribution in [0.4, 0.5) is 0 Å². The fraction of sp³-hybridized carbons (Fsp3) is 0.0435. The molecule has 0 saturated carbocycles. The Morgan fingerprint density at radius 3 is 2.42 bits per heavy atom. The molecule has 0 aliphatic heterocycles. The molecule has 0 atom stereocenters. The Morgan fingerprint density at radius 2 is 1.71 bits per heavy atom. The Morgan fingerprint density at radius 1 is 0.968 bits per heavy atom. The quantitative estimate of drug-likeness (QED) is 0.288. The van der Waals surface area contributed by atoms with Crippen LogP contribution in [0.25, 0.3) is 16.9 Å². The second kappa shape index (κ2) is 9.36. The fourth-order valence-corrected chi connectivity index (χ4v) is 2.89. The van der Waals surface area contributed by atoms with Gasteiger partial charge in [0.05, 0.1) is 24.7 Å². The van der Waals surface area contributed by atoms with Gasteiger partial charge in [-0.1, -0.05) is 48.5 Å². The molecular formula is C23H19N5O3. The molecule has 2 aromatic carbocycles. The van der Waals surface area contributed by atoms with Gasteiger partial charge in [0.1, 0.15) is 11.5 Å². The molecular weight excluding hydrogens is 394 g/mol. The molecule has 2 amide bonds. The molecule has 0 spiro atoms. The van der Waals surface area contributed by atoms with Gasteiger partial charge in [-0.2, -0.15) is 10.2 Å². The van der Waals surface area contributed by atoms with Crippen molar-refractivity contribution in [2.45, 2.75) is 6.54 Å². The number of nitrogens with one attached hydrogen (secondary N) is 2. The van der Waals surface area contributed by atoms with Crippen LogP contribution < -0.4 is 10.7 Å². The number of carbonyl (C=O) groups excluding carboxylic acids is 2. The van der Waals surface area contributed by atoms with Crippen molar-refractivity contribution in [2.75, 3.05) is 0 Å². The number of carbonyl (C=O) groups is 2. The number of hydrogen-bond acceptors (Lipinski definition) is 5. The molecule has 4 aromatic rings. The highest BCUT2D eigenvalue weighted by Crippen LogP contribution is 2.22. The lowest BCUT2D eigenvalue weighted by Crippen LogP contribution is -2.37. The molecule has 8 heteroatoms. The highest BCUT2D eigenvalue weighted by Gasteiger charge is 2.14. The number of amides is 2. The van der Waals surface area contributed by atoms with Crippen LogP contribution in [0.15, 0.2) is 94.8 Å². The first-order valence-electron chi connectivity index (χ1n) is 9.55. The molecule has 8 nitrogen and oxygen atoms in total. The highest BCUT2D eigenvalue weighted by molar-refractivity contribution is 6.35.